The molecule has 1 heterocycles. The van der Waals surface area contributed by atoms with Crippen LogP contribution in [0.1, 0.15) is 31.7 Å². The van der Waals surface area contributed by atoms with Crippen molar-refractivity contribution >= 4 is 11.0 Å². The fraction of sp³-hybridized carbons (Fsp3) is 0.385. The van der Waals surface area contributed by atoms with Crippen molar-refractivity contribution in [3.63, 3.8) is 0 Å². The zero-order chi connectivity index (χ0) is 9.80. The maximum Gasteiger partial charge on any atom is 0.174 e. The third-order valence-electron chi connectivity index (χ3n) is 2.53. The van der Waals surface area contributed by atoms with E-state index in [9.17, 15) is 0 Å². The van der Waals surface area contributed by atoms with Crippen LogP contribution in [0, 0.1) is 6.26 Å². The minimum Gasteiger partial charge on any atom is -0.452 e. The number of rotatable bonds is 4. The second kappa shape index (κ2) is 4.32. The van der Waals surface area contributed by atoms with Gasteiger partial charge in [0.2, 0.25) is 0 Å². The molecule has 2 rings (SSSR count). The van der Waals surface area contributed by atoms with Crippen molar-refractivity contribution in [1.82, 2.24) is 0 Å². The molecule has 73 valence electrons. The fourth-order valence-corrected chi connectivity index (χ4v) is 1.71. The van der Waals surface area contributed by atoms with Crippen LogP contribution in [0.25, 0.3) is 11.0 Å². The number of aryl methyl sites for hydroxylation is 1. The van der Waals surface area contributed by atoms with Gasteiger partial charge >= 0.3 is 0 Å². The highest BCUT2D eigenvalue weighted by Gasteiger charge is 2.04. The summed E-state index contributed by atoms with van der Waals surface area (Å²) in [7, 11) is 0. The SMILES string of the molecule is CCCCCc1[c]oc2ccccc12. The first-order valence-corrected chi connectivity index (χ1v) is 5.30. The smallest absolute Gasteiger partial charge is 0.174 e. The summed E-state index contributed by atoms with van der Waals surface area (Å²) >= 11 is 0. The zero-order valence-corrected chi connectivity index (χ0v) is 8.55. The number of furan rings is 1. The lowest BCUT2D eigenvalue weighted by atomic mass is 10.1. The summed E-state index contributed by atoms with van der Waals surface area (Å²) in [5.74, 6) is 0. The Kier molecular flexibility index (Phi) is 2.87. The summed E-state index contributed by atoms with van der Waals surface area (Å²) in [6, 6.07) is 8.15. The van der Waals surface area contributed by atoms with Crippen molar-refractivity contribution in [2.45, 2.75) is 32.6 Å². The van der Waals surface area contributed by atoms with Crippen molar-refractivity contribution in [2.75, 3.05) is 0 Å². The molecule has 0 saturated carbocycles. The van der Waals surface area contributed by atoms with E-state index < -0.39 is 0 Å². The molecule has 0 saturated heterocycles. The number of unbranched alkanes of at least 4 members (excludes halogenated alkanes) is 2. The van der Waals surface area contributed by atoms with E-state index in [4.69, 9.17) is 4.42 Å². The lowest BCUT2D eigenvalue weighted by Crippen LogP contribution is -1.82. The number of hydrogen-bond acceptors (Lipinski definition) is 1. The Morgan fingerprint density at radius 2 is 2.07 bits per heavy atom. The summed E-state index contributed by atoms with van der Waals surface area (Å²) in [5, 5.41) is 1.23. The monoisotopic (exact) mass is 187 g/mol. The van der Waals surface area contributed by atoms with Crippen LogP contribution in [0.5, 0.6) is 0 Å². The van der Waals surface area contributed by atoms with Gasteiger partial charge in [0.05, 0.1) is 0 Å². The van der Waals surface area contributed by atoms with Crippen molar-refractivity contribution in [1.29, 1.82) is 0 Å². The molecule has 2 aromatic rings. The Morgan fingerprint density at radius 3 is 2.93 bits per heavy atom. The predicted molar refractivity (Wildman–Crippen MR) is 58.3 cm³/mol. The molecule has 0 aliphatic carbocycles. The molecular formula is C13H15O. The van der Waals surface area contributed by atoms with Crippen LogP contribution in [0.4, 0.5) is 0 Å². The summed E-state index contributed by atoms with van der Waals surface area (Å²) < 4.78 is 5.35. The van der Waals surface area contributed by atoms with Gasteiger partial charge in [0, 0.05) is 10.9 Å². The Morgan fingerprint density at radius 1 is 1.21 bits per heavy atom. The Hall–Kier alpha value is -1.24. The normalized spacial score (nSPS) is 10.9. The molecule has 0 unspecified atom stereocenters. The number of para-hydroxylation sites is 1. The first-order valence-electron chi connectivity index (χ1n) is 5.30. The first-order chi connectivity index (χ1) is 6.92. The second-order valence-electron chi connectivity index (χ2n) is 3.64. The highest BCUT2D eigenvalue weighted by Crippen LogP contribution is 2.21. The number of fused-ring (bicyclic) bond motifs is 1. The van der Waals surface area contributed by atoms with Crippen molar-refractivity contribution in [2.24, 2.45) is 0 Å². The van der Waals surface area contributed by atoms with Crippen LogP contribution in [0.15, 0.2) is 28.7 Å². The van der Waals surface area contributed by atoms with Gasteiger partial charge in [-0.05, 0) is 18.9 Å². The van der Waals surface area contributed by atoms with Gasteiger partial charge in [0.15, 0.2) is 6.26 Å². The van der Waals surface area contributed by atoms with Crippen LogP contribution < -0.4 is 0 Å². The van der Waals surface area contributed by atoms with Crippen LogP contribution >= 0.6 is 0 Å². The summed E-state index contributed by atoms with van der Waals surface area (Å²) in [4.78, 5) is 0. The maximum absolute atomic E-state index is 5.35. The molecule has 1 nitrogen and oxygen atoms in total. The second-order valence-corrected chi connectivity index (χ2v) is 3.64. The van der Waals surface area contributed by atoms with E-state index in [0.717, 1.165) is 12.0 Å². The third-order valence-corrected chi connectivity index (χ3v) is 2.53. The molecule has 0 aliphatic rings. The van der Waals surface area contributed by atoms with Gasteiger partial charge in [0.25, 0.3) is 0 Å². The van der Waals surface area contributed by atoms with Crippen LogP contribution in [0.2, 0.25) is 0 Å². The Balaban J connectivity index is 2.17. The van der Waals surface area contributed by atoms with Gasteiger partial charge in [-0.2, -0.15) is 0 Å². The van der Waals surface area contributed by atoms with Crippen LogP contribution in [0.3, 0.4) is 0 Å². The summed E-state index contributed by atoms with van der Waals surface area (Å²) in [5.41, 5.74) is 2.19. The van der Waals surface area contributed by atoms with E-state index >= 15 is 0 Å². The molecule has 1 aromatic carbocycles. The molecular weight excluding hydrogens is 172 g/mol. The molecule has 1 heteroatoms. The Bertz CT molecular complexity index is 400. The van der Waals surface area contributed by atoms with Gasteiger partial charge < -0.3 is 4.42 Å². The van der Waals surface area contributed by atoms with Crippen molar-refractivity contribution in [3.8, 4) is 0 Å². The van der Waals surface area contributed by atoms with E-state index in [-0.39, 0.29) is 0 Å². The topological polar surface area (TPSA) is 13.1 Å². The predicted octanol–water partition coefficient (Wildman–Crippen LogP) is 3.97. The molecule has 14 heavy (non-hydrogen) atoms. The molecule has 0 aliphatic heterocycles. The molecule has 0 atom stereocenters. The lowest BCUT2D eigenvalue weighted by molar-refractivity contribution is 0.596. The maximum atomic E-state index is 5.35. The number of hydrogen-bond donors (Lipinski definition) is 0. The average molecular weight is 187 g/mol. The molecule has 1 radical (unpaired) electrons. The fourth-order valence-electron chi connectivity index (χ4n) is 1.71. The van der Waals surface area contributed by atoms with E-state index in [1.165, 1.54) is 30.2 Å². The molecule has 0 bridgehead atoms. The standard InChI is InChI=1S/C13H15O/c1-2-3-4-7-11-10-14-13-9-6-5-8-12(11)13/h5-6,8-9H,2-4,7H2,1H3. The molecule has 0 spiro atoms. The van der Waals surface area contributed by atoms with Crippen LogP contribution in [-0.2, 0) is 6.42 Å². The minimum atomic E-state index is 0.957. The lowest BCUT2D eigenvalue weighted by Gasteiger charge is -1.95. The summed E-state index contributed by atoms with van der Waals surface area (Å²) in [6.07, 6.45) is 7.86. The van der Waals surface area contributed by atoms with Gasteiger partial charge in [-0.15, -0.1) is 0 Å². The Labute approximate surface area is 84.7 Å². The van der Waals surface area contributed by atoms with Crippen molar-refractivity contribution in [3.05, 3.63) is 36.1 Å². The molecule has 0 N–H and O–H groups in total. The third kappa shape index (κ3) is 1.82. The van der Waals surface area contributed by atoms with Gasteiger partial charge in [-0.1, -0.05) is 38.0 Å². The zero-order valence-electron chi connectivity index (χ0n) is 8.55. The quantitative estimate of drug-likeness (QED) is 0.660. The first kappa shape index (κ1) is 9.32. The van der Waals surface area contributed by atoms with E-state index in [0.29, 0.717) is 0 Å². The highest BCUT2D eigenvalue weighted by molar-refractivity contribution is 5.80. The highest BCUT2D eigenvalue weighted by atomic mass is 16.3. The van der Waals surface area contributed by atoms with Gasteiger partial charge in [-0.3, -0.25) is 0 Å². The van der Waals surface area contributed by atoms with Gasteiger partial charge in [-0.25, -0.2) is 0 Å². The minimum absolute atomic E-state index is 0.957. The number of benzene rings is 1. The van der Waals surface area contributed by atoms with E-state index in [2.05, 4.69) is 25.3 Å². The van der Waals surface area contributed by atoms with E-state index in [1.807, 2.05) is 12.1 Å². The molecule has 1 aromatic heterocycles. The van der Waals surface area contributed by atoms with Crippen LogP contribution in [-0.4, -0.2) is 0 Å². The summed E-state index contributed by atoms with van der Waals surface area (Å²) in [6.45, 7) is 2.22. The average Bonchev–Trinajstić information content (AvgIpc) is 2.63. The molecule has 0 amide bonds. The van der Waals surface area contributed by atoms with Gasteiger partial charge in [0.1, 0.15) is 5.58 Å². The largest absolute Gasteiger partial charge is 0.452 e. The van der Waals surface area contributed by atoms with Crippen molar-refractivity contribution < 1.29 is 4.42 Å². The molecule has 0 fully saturated rings. The van der Waals surface area contributed by atoms with E-state index in [1.54, 1.807) is 0 Å².